The van der Waals surface area contributed by atoms with Crippen molar-refractivity contribution in [1.29, 1.82) is 0 Å². The van der Waals surface area contributed by atoms with Crippen LogP contribution in [0.15, 0.2) is 35.3 Å². The minimum Gasteiger partial charge on any atom is -0.365 e. The number of carbonyl (C=O) groups excluding carboxylic acids is 1. The predicted octanol–water partition coefficient (Wildman–Crippen LogP) is 2.04. The van der Waals surface area contributed by atoms with Crippen molar-refractivity contribution < 1.29 is 22.4 Å². The van der Waals surface area contributed by atoms with Gasteiger partial charge < -0.3 is 5.73 Å². The van der Waals surface area contributed by atoms with Gasteiger partial charge in [-0.15, -0.1) is 0 Å². The van der Waals surface area contributed by atoms with E-state index < -0.39 is 51.6 Å². The molecule has 0 fully saturated rings. The lowest BCUT2D eigenvalue weighted by molar-refractivity contribution is 0.0994. The molecule has 0 saturated carbocycles. The largest absolute Gasteiger partial charge is 0.365 e. The Morgan fingerprint density at radius 1 is 1.12 bits per heavy atom. The van der Waals surface area contributed by atoms with Crippen molar-refractivity contribution in [3.05, 3.63) is 69.6 Å². The zero-order valence-electron chi connectivity index (χ0n) is 11.7. The van der Waals surface area contributed by atoms with Crippen molar-refractivity contribution >= 4 is 16.9 Å². The van der Waals surface area contributed by atoms with Crippen LogP contribution >= 0.6 is 0 Å². The molecule has 0 radical (unpaired) electrons. The maximum Gasteiger partial charge on any atom is 0.257 e. The summed E-state index contributed by atoms with van der Waals surface area (Å²) >= 11 is 0. The first-order valence-corrected chi connectivity index (χ1v) is 6.47. The van der Waals surface area contributed by atoms with Gasteiger partial charge in [0, 0.05) is 18.3 Å². The molecule has 0 spiro atoms. The number of fused-ring (bicyclic) bond motifs is 1. The molecule has 0 aliphatic carbocycles. The highest BCUT2D eigenvalue weighted by Gasteiger charge is 2.26. The second kappa shape index (κ2) is 5.44. The maximum absolute atomic E-state index is 14.7. The number of nitrogens with two attached hydrogens (primary N) is 1. The lowest BCUT2D eigenvalue weighted by Crippen LogP contribution is -2.28. The summed E-state index contributed by atoms with van der Waals surface area (Å²) in [5, 5.41) is -0.282. The van der Waals surface area contributed by atoms with Gasteiger partial charge in [-0.3, -0.25) is 14.2 Å². The standard InChI is InChI=1S/C15H7F4N3O2/c16-6-4-8(17)11(9(18)5-6)22-13(19)10(14(20)24)12(23)7-2-1-3-21-15(7)22/h1-5H,(H2,20,24). The fourth-order valence-electron chi connectivity index (χ4n) is 2.35. The van der Waals surface area contributed by atoms with Gasteiger partial charge in [0.05, 0.1) is 5.39 Å². The first-order valence-electron chi connectivity index (χ1n) is 6.47. The Hall–Kier alpha value is -3.23. The lowest BCUT2D eigenvalue weighted by Gasteiger charge is -2.15. The van der Waals surface area contributed by atoms with Crippen molar-refractivity contribution in [2.45, 2.75) is 0 Å². The first-order chi connectivity index (χ1) is 11.3. The van der Waals surface area contributed by atoms with Crippen molar-refractivity contribution in [2.75, 3.05) is 0 Å². The minimum atomic E-state index is -1.59. The van der Waals surface area contributed by atoms with Gasteiger partial charge in [0.1, 0.15) is 17.1 Å². The van der Waals surface area contributed by atoms with Crippen LogP contribution in [-0.2, 0) is 0 Å². The van der Waals surface area contributed by atoms with Gasteiger partial charge >= 0.3 is 0 Å². The second-order valence-electron chi connectivity index (χ2n) is 4.79. The molecule has 0 bridgehead atoms. The van der Waals surface area contributed by atoms with Crippen LogP contribution in [-0.4, -0.2) is 15.5 Å². The Labute approximate surface area is 131 Å². The molecule has 0 saturated heterocycles. The summed E-state index contributed by atoms with van der Waals surface area (Å²) in [5.41, 5.74) is 1.36. The van der Waals surface area contributed by atoms with E-state index in [9.17, 15) is 27.2 Å². The molecule has 0 atom stereocenters. The number of aromatic nitrogens is 2. The highest BCUT2D eigenvalue weighted by Crippen LogP contribution is 2.25. The third-order valence-corrected chi connectivity index (χ3v) is 3.32. The number of primary amides is 1. The monoisotopic (exact) mass is 337 g/mol. The summed E-state index contributed by atoms with van der Waals surface area (Å²) in [5.74, 6) is -7.12. The Morgan fingerprint density at radius 2 is 1.75 bits per heavy atom. The Morgan fingerprint density at radius 3 is 2.33 bits per heavy atom. The van der Waals surface area contributed by atoms with Gasteiger partial charge in [0.25, 0.3) is 5.91 Å². The van der Waals surface area contributed by atoms with E-state index >= 15 is 0 Å². The van der Waals surface area contributed by atoms with E-state index in [1.165, 1.54) is 12.1 Å². The van der Waals surface area contributed by atoms with E-state index in [0.29, 0.717) is 12.1 Å². The van der Waals surface area contributed by atoms with Crippen molar-refractivity contribution in [3.63, 3.8) is 0 Å². The second-order valence-corrected chi connectivity index (χ2v) is 4.79. The van der Waals surface area contributed by atoms with Crippen LogP contribution in [0.25, 0.3) is 16.7 Å². The topological polar surface area (TPSA) is 78.0 Å². The van der Waals surface area contributed by atoms with E-state index in [1.807, 2.05) is 0 Å². The van der Waals surface area contributed by atoms with E-state index in [2.05, 4.69) is 4.98 Å². The molecule has 9 heteroatoms. The summed E-state index contributed by atoms with van der Waals surface area (Å²) in [7, 11) is 0. The molecule has 0 unspecified atom stereocenters. The van der Waals surface area contributed by atoms with Gasteiger partial charge in [0.2, 0.25) is 11.4 Å². The van der Waals surface area contributed by atoms with Gasteiger partial charge in [-0.2, -0.15) is 4.39 Å². The summed E-state index contributed by atoms with van der Waals surface area (Å²) < 4.78 is 56.1. The highest BCUT2D eigenvalue weighted by atomic mass is 19.2. The molecule has 24 heavy (non-hydrogen) atoms. The van der Waals surface area contributed by atoms with Crippen LogP contribution in [0, 0.1) is 23.4 Å². The fourth-order valence-corrected chi connectivity index (χ4v) is 2.35. The smallest absolute Gasteiger partial charge is 0.257 e. The Balaban J connectivity index is 2.59. The normalized spacial score (nSPS) is 11.0. The third-order valence-electron chi connectivity index (χ3n) is 3.32. The number of halogens is 4. The van der Waals surface area contributed by atoms with E-state index in [1.54, 1.807) is 0 Å². The number of rotatable bonds is 2. The molecule has 3 aromatic rings. The summed E-state index contributed by atoms with van der Waals surface area (Å²) in [6, 6.07) is 3.16. The molecule has 2 N–H and O–H groups in total. The molecule has 1 aromatic carbocycles. The molecule has 5 nitrogen and oxygen atoms in total. The molecular weight excluding hydrogens is 330 g/mol. The fraction of sp³-hybridized carbons (Fsp3) is 0. The zero-order valence-corrected chi connectivity index (χ0v) is 11.7. The number of hydrogen-bond donors (Lipinski definition) is 1. The Kier molecular flexibility index (Phi) is 3.55. The minimum absolute atomic E-state index is 0.279. The molecular formula is C15H7F4N3O2. The number of hydrogen-bond acceptors (Lipinski definition) is 3. The number of pyridine rings is 2. The van der Waals surface area contributed by atoms with Crippen LogP contribution in [0.3, 0.4) is 0 Å². The van der Waals surface area contributed by atoms with Gasteiger partial charge in [-0.05, 0) is 12.1 Å². The highest BCUT2D eigenvalue weighted by molar-refractivity contribution is 5.96. The zero-order chi connectivity index (χ0) is 17.6. The number of benzene rings is 1. The van der Waals surface area contributed by atoms with Gasteiger partial charge in [0.15, 0.2) is 17.3 Å². The molecule has 1 amide bonds. The summed E-state index contributed by atoms with van der Waals surface area (Å²) in [6.07, 6.45) is 1.15. The average Bonchev–Trinajstić information content (AvgIpc) is 2.49. The van der Waals surface area contributed by atoms with Crippen molar-refractivity contribution in [2.24, 2.45) is 5.73 Å². The third kappa shape index (κ3) is 2.21. The van der Waals surface area contributed by atoms with Crippen LogP contribution in [0.2, 0.25) is 0 Å². The lowest BCUT2D eigenvalue weighted by atomic mass is 10.1. The quantitative estimate of drug-likeness (QED) is 0.574. The molecule has 2 aromatic heterocycles. The predicted molar refractivity (Wildman–Crippen MR) is 75.7 cm³/mol. The maximum atomic E-state index is 14.7. The summed E-state index contributed by atoms with van der Waals surface area (Å²) in [6.45, 7) is 0. The number of nitrogens with zero attached hydrogens (tertiary/aromatic N) is 2. The molecule has 2 heterocycles. The van der Waals surface area contributed by atoms with Crippen molar-refractivity contribution in [3.8, 4) is 5.69 Å². The average molecular weight is 337 g/mol. The van der Waals surface area contributed by atoms with Gasteiger partial charge in [-0.25, -0.2) is 18.2 Å². The Bertz CT molecular complexity index is 1040. The van der Waals surface area contributed by atoms with Crippen LogP contribution in [0.4, 0.5) is 17.6 Å². The van der Waals surface area contributed by atoms with Crippen LogP contribution in [0.5, 0.6) is 0 Å². The molecule has 0 aliphatic heterocycles. The number of amides is 1. The number of carbonyl (C=O) groups is 1. The molecule has 3 rings (SSSR count). The van der Waals surface area contributed by atoms with E-state index in [-0.39, 0.29) is 9.95 Å². The van der Waals surface area contributed by atoms with E-state index in [0.717, 1.165) is 6.20 Å². The van der Waals surface area contributed by atoms with Crippen LogP contribution < -0.4 is 11.2 Å². The van der Waals surface area contributed by atoms with Crippen LogP contribution in [0.1, 0.15) is 10.4 Å². The SMILES string of the molecule is NC(=O)c1c(F)n(-c2c(F)cc(F)cc2F)c2ncccc2c1=O. The molecule has 122 valence electrons. The van der Waals surface area contributed by atoms with Gasteiger partial charge in [-0.1, -0.05) is 0 Å². The van der Waals surface area contributed by atoms with Crippen molar-refractivity contribution in [1.82, 2.24) is 9.55 Å². The summed E-state index contributed by atoms with van der Waals surface area (Å²) in [4.78, 5) is 27.3. The molecule has 0 aliphatic rings. The van der Waals surface area contributed by atoms with E-state index in [4.69, 9.17) is 5.73 Å². The first kappa shape index (κ1) is 15.7.